The van der Waals surface area contributed by atoms with Gasteiger partial charge in [-0.2, -0.15) is 13.2 Å². The minimum Gasteiger partial charge on any atom is -0.480 e. The number of benzene rings is 1. The first kappa shape index (κ1) is 15.5. The largest absolute Gasteiger partial charge is 0.489 e. The number of carboxylic acid groups (broad SMARTS) is 1. The predicted octanol–water partition coefficient (Wildman–Crippen LogP) is -0.660. The molecule has 0 aliphatic carbocycles. The van der Waals surface area contributed by atoms with E-state index in [2.05, 4.69) is 0 Å². The van der Waals surface area contributed by atoms with Gasteiger partial charge in [0.15, 0.2) is 0 Å². The Bertz CT molecular complexity index is 478. The first-order valence-electron chi connectivity index (χ1n) is 5.17. The highest BCUT2D eigenvalue weighted by Crippen LogP contribution is 2.28. The zero-order chi connectivity index (χ0) is 14.8. The van der Waals surface area contributed by atoms with Gasteiger partial charge in [-0.15, -0.1) is 0 Å². The molecule has 9 heteroatoms. The first-order valence-corrected chi connectivity index (χ1v) is 5.17. The zero-order valence-electron chi connectivity index (χ0n) is 9.55. The molecule has 1 aromatic rings. The lowest BCUT2D eigenvalue weighted by atomic mass is 9.76. The summed E-state index contributed by atoms with van der Waals surface area (Å²) in [7, 11) is -2.26. The Morgan fingerprint density at radius 2 is 1.95 bits per heavy atom. The lowest BCUT2D eigenvalue weighted by molar-refractivity contribution is -0.138. The fraction of sp³-hybridized carbons (Fsp3) is 0.300. The highest BCUT2D eigenvalue weighted by atomic mass is 19.4. The number of nitrogens with two attached hydrogens (primary N) is 1. The van der Waals surface area contributed by atoms with Gasteiger partial charge in [0.05, 0.1) is 5.56 Å². The fourth-order valence-electron chi connectivity index (χ4n) is 1.54. The predicted molar refractivity (Wildman–Crippen MR) is 60.6 cm³/mol. The van der Waals surface area contributed by atoms with Crippen molar-refractivity contribution in [3.8, 4) is 0 Å². The molecule has 0 aromatic heterocycles. The molecule has 0 saturated carbocycles. The van der Waals surface area contributed by atoms with Gasteiger partial charge in [-0.25, -0.2) is 0 Å². The Kier molecular flexibility index (Phi) is 4.56. The molecule has 0 saturated heterocycles. The van der Waals surface area contributed by atoms with Crippen LogP contribution in [-0.2, 0) is 17.4 Å². The van der Waals surface area contributed by atoms with Gasteiger partial charge in [-0.05, 0) is 23.5 Å². The number of hydrogen-bond acceptors (Lipinski definition) is 4. The van der Waals surface area contributed by atoms with Gasteiger partial charge in [0, 0.05) is 0 Å². The second-order valence-corrected chi connectivity index (χ2v) is 3.94. The second kappa shape index (κ2) is 5.60. The lowest BCUT2D eigenvalue weighted by Gasteiger charge is -2.15. The minimum atomic E-state index is -4.78. The van der Waals surface area contributed by atoms with Gasteiger partial charge >= 0.3 is 19.3 Å². The molecule has 1 aromatic carbocycles. The van der Waals surface area contributed by atoms with E-state index in [4.69, 9.17) is 20.9 Å². The highest BCUT2D eigenvalue weighted by molar-refractivity contribution is 6.59. The molecule has 0 heterocycles. The zero-order valence-corrected chi connectivity index (χ0v) is 9.55. The van der Waals surface area contributed by atoms with Crippen molar-refractivity contribution in [2.24, 2.45) is 5.73 Å². The summed E-state index contributed by atoms with van der Waals surface area (Å²) in [5.41, 5.74) is 3.35. The quantitative estimate of drug-likeness (QED) is 0.547. The summed E-state index contributed by atoms with van der Waals surface area (Å²) in [5.74, 6) is -1.33. The third-order valence-corrected chi connectivity index (χ3v) is 2.47. The summed E-state index contributed by atoms with van der Waals surface area (Å²) in [6, 6.07) is 1.40. The van der Waals surface area contributed by atoms with E-state index in [-0.39, 0.29) is 12.0 Å². The van der Waals surface area contributed by atoms with Gasteiger partial charge < -0.3 is 20.9 Å². The van der Waals surface area contributed by atoms with E-state index in [1.807, 2.05) is 0 Å². The minimum absolute atomic E-state index is 0.0478. The van der Waals surface area contributed by atoms with Gasteiger partial charge in [0.25, 0.3) is 0 Å². The van der Waals surface area contributed by atoms with Crippen LogP contribution in [0.2, 0.25) is 0 Å². The number of hydrogen-bond donors (Lipinski definition) is 4. The van der Waals surface area contributed by atoms with Crippen molar-refractivity contribution in [1.82, 2.24) is 0 Å². The standard InChI is InChI=1S/C10H11BF3NO4/c12-10(13,14)6-3-5(4-8(15)9(16)17)1-2-7(6)11(18)19/h1-3,8,18-19H,4,15H2,(H,16,17)/t8-/m0/s1. The van der Waals surface area contributed by atoms with Crippen LogP contribution in [0.5, 0.6) is 0 Å². The van der Waals surface area contributed by atoms with E-state index in [0.29, 0.717) is 6.07 Å². The maximum Gasteiger partial charge on any atom is 0.489 e. The number of carboxylic acids is 1. The van der Waals surface area contributed by atoms with E-state index in [1.54, 1.807) is 0 Å². The molecule has 1 atom stereocenters. The van der Waals surface area contributed by atoms with Crippen LogP contribution in [0.1, 0.15) is 11.1 Å². The lowest BCUT2D eigenvalue weighted by Crippen LogP contribution is -2.37. The van der Waals surface area contributed by atoms with Crippen LogP contribution in [0.25, 0.3) is 0 Å². The van der Waals surface area contributed by atoms with Crippen molar-refractivity contribution in [3.05, 3.63) is 29.3 Å². The van der Waals surface area contributed by atoms with Crippen molar-refractivity contribution in [1.29, 1.82) is 0 Å². The van der Waals surface area contributed by atoms with Crippen molar-refractivity contribution < 1.29 is 33.1 Å². The molecule has 5 N–H and O–H groups in total. The summed E-state index contributed by atoms with van der Waals surface area (Å²) in [4.78, 5) is 10.5. The van der Waals surface area contributed by atoms with E-state index in [1.165, 1.54) is 6.07 Å². The normalized spacial score (nSPS) is 13.2. The van der Waals surface area contributed by atoms with Crippen LogP contribution in [0, 0.1) is 0 Å². The fourth-order valence-corrected chi connectivity index (χ4v) is 1.54. The SMILES string of the molecule is N[C@@H](Cc1ccc(B(O)O)c(C(F)(F)F)c1)C(=O)O. The van der Waals surface area contributed by atoms with Crippen LogP contribution in [0.15, 0.2) is 18.2 Å². The molecule has 0 fully saturated rings. The Hall–Kier alpha value is -1.58. The highest BCUT2D eigenvalue weighted by Gasteiger charge is 2.36. The molecule has 0 bridgehead atoms. The number of aliphatic carboxylic acids is 1. The molecule has 0 radical (unpaired) electrons. The molecule has 0 spiro atoms. The van der Waals surface area contributed by atoms with Crippen molar-refractivity contribution >= 4 is 18.6 Å². The molecular formula is C10H11BF3NO4. The molecule has 0 aliphatic heterocycles. The van der Waals surface area contributed by atoms with Gasteiger partial charge in [-0.1, -0.05) is 12.1 Å². The van der Waals surface area contributed by atoms with E-state index < -0.39 is 36.3 Å². The molecular weight excluding hydrogens is 266 g/mol. The van der Waals surface area contributed by atoms with Crippen LogP contribution in [0.3, 0.4) is 0 Å². The summed E-state index contributed by atoms with van der Waals surface area (Å²) in [6.45, 7) is 0. The van der Waals surface area contributed by atoms with Crippen molar-refractivity contribution in [2.45, 2.75) is 18.6 Å². The Morgan fingerprint density at radius 1 is 1.37 bits per heavy atom. The third kappa shape index (κ3) is 3.95. The number of carbonyl (C=O) groups is 1. The molecule has 0 aliphatic rings. The molecule has 0 amide bonds. The molecule has 1 rings (SSSR count). The summed E-state index contributed by atoms with van der Waals surface area (Å²) < 4.78 is 38.1. The summed E-state index contributed by atoms with van der Waals surface area (Å²) >= 11 is 0. The Balaban J connectivity index is 3.16. The van der Waals surface area contributed by atoms with Crippen LogP contribution in [0.4, 0.5) is 13.2 Å². The number of alkyl halides is 3. The monoisotopic (exact) mass is 277 g/mol. The Labute approximate surface area is 106 Å². The van der Waals surface area contributed by atoms with Gasteiger partial charge in [0.1, 0.15) is 6.04 Å². The van der Waals surface area contributed by atoms with E-state index in [9.17, 15) is 18.0 Å². The average molecular weight is 277 g/mol. The maximum atomic E-state index is 12.7. The van der Waals surface area contributed by atoms with Crippen LogP contribution >= 0.6 is 0 Å². The molecule has 104 valence electrons. The van der Waals surface area contributed by atoms with Crippen LogP contribution in [-0.4, -0.2) is 34.3 Å². The second-order valence-electron chi connectivity index (χ2n) is 3.94. The molecule has 0 unspecified atom stereocenters. The smallest absolute Gasteiger partial charge is 0.480 e. The van der Waals surface area contributed by atoms with Crippen molar-refractivity contribution in [3.63, 3.8) is 0 Å². The first-order chi connectivity index (χ1) is 8.62. The third-order valence-electron chi connectivity index (χ3n) is 2.47. The maximum absolute atomic E-state index is 12.7. The van der Waals surface area contributed by atoms with Crippen LogP contribution < -0.4 is 11.2 Å². The molecule has 5 nitrogen and oxygen atoms in total. The summed E-state index contributed by atoms with van der Waals surface area (Å²) in [5, 5.41) is 26.3. The van der Waals surface area contributed by atoms with E-state index >= 15 is 0 Å². The number of rotatable bonds is 4. The van der Waals surface area contributed by atoms with E-state index in [0.717, 1.165) is 6.07 Å². The average Bonchev–Trinajstić information content (AvgIpc) is 2.27. The topological polar surface area (TPSA) is 104 Å². The number of halogens is 3. The molecule has 19 heavy (non-hydrogen) atoms. The van der Waals surface area contributed by atoms with Gasteiger partial charge in [0.2, 0.25) is 0 Å². The summed E-state index contributed by atoms with van der Waals surface area (Å²) in [6.07, 6.45) is -5.07. The Morgan fingerprint density at radius 3 is 2.37 bits per heavy atom. The van der Waals surface area contributed by atoms with Gasteiger partial charge in [-0.3, -0.25) is 4.79 Å². The van der Waals surface area contributed by atoms with Crippen molar-refractivity contribution in [2.75, 3.05) is 0 Å².